The summed E-state index contributed by atoms with van der Waals surface area (Å²) in [5, 5.41) is 4.96. The number of ether oxygens (including phenoxy) is 1. The molecule has 2 amide bonds. The summed E-state index contributed by atoms with van der Waals surface area (Å²) in [4.78, 5) is 15.5. The van der Waals surface area contributed by atoms with Crippen molar-refractivity contribution in [3.63, 3.8) is 0 Å². The third-order valence-electron chi connectivity index (χ3n) is 3.64. The van der Waals surface area contributed by atoms with E-state index in [-0.39, 0.29) is 24.5 Å². The molecule has 2 aromatic rings. The number of nitrogens with zero attached hydrogens (tertiary/aromatic N) is 1. The molecule has 0 saturated heterocycles. The first-order chi connectivity index (χ1) is 13.5. The second-order valence-electron chi connectivity index (χ2n) is 5.93. The van der Waals surface area contributed by atoms with Gasteiger partial charge in [-0.2, -0.15) is 26.3 Å². The molecule has 29 heavy (non-hydrogen) atoms. The lowest BCUT2D eigenvalue weighted by molar-refractivity contribution is -0.154. The lowest BCUT2D eigenvalue weighted by atomic mass is 10.1. The van der Waals surface area contributed by atoms with Crippen molar-refractivity contribution >= 4 is 6.03 Å². The van der Waals surface area contributed by atoms with Gasteiger partial charge in [0.25, 0.3) is 0 Å². The van der Waals surface area contributed by atoms with Gasteiger partial charge in [0, 0.05) is 24.8 Å². The summed E-state index contributed by atoms with van der Waals surface area (Å²) in [5.41, 5.74) is 0.106. The van der Waals surface area contributed by atoms with Crippen molar-refractivity contribution in [1.29, 1.82) is 0 Å². The van der Waals surface area contributed by atoms with Crippen molar-refractivity contribution in [3.05, 3.63) is 59.3 Å². The number of urea groups is 1. The van der Waals surface area contributed by atoms with Crippen LogP contribution >= 0.6 is 0 Å². The molecule has 0 radical (unpaired) electrons. The van der Waals surface area contributed by atoms with Gasteiger partial charge in [-0.15, -0.1) is 0 Å². The number of aromatic nitrogens is 1. The molecule has 0 atom stereocenters. The third-order valence-corrected chi connectivity index (χ3v) is 3.64. The minimum atomic E-state index is -4.52. The number of amides is 2. The number of hydrogen-bond acceptors (Lipinski definition) is 3. The highest BCUT2D eigenvalue weighted by atomic mass is 19.4. The normalized spacial score (nSPS) is 11.8. The van der Waals surface area contributed by atoms with Crippen LogP contribution in [-0.2, 0) is 19.1 Å². The first kappa shape index (κ1) is 22.3. The van der Waals surface area contributed by atoms with Crippen LogP contribution in [0.5, 0.6) is 5.88 Å². The molecular formula is C18H17F6N3O2. The summed E-state index contributed by atoms with van der Waals surface area (Å²) < 4.78 is 78.9. The van der Waals surface area contributed by atoms with E-state index in [0.717, 1.165) is 12.1 Å². The Morgan fingerprint density at radius 2 is 1.69 bits per heavy atom. The van der Waals surface area contributed by atoms with Gasteiger partial charge in [-0.1, -0.05) is 18.2 Å². The fourth-order valence-corrected chi connectivity index (χ4v) is 2.26. The minimum absolute atomic E-state index is 0.118. The molecule has 1 aromatic carbocycles. The molecule has 5 nitrogen and oxygen atoms in total. The van der Waals surface area contributed by atoms with Crippen molar-refractivity contribution in [1.82, 2.24) is 15.6 Å². The van der Waals surface area contributed by atoms with Crippen molar-refractivity contribution < 1.29 is 35.9 Å². The largest absolute Gasteiger partial charge is 0.468 e. The monoisotopic (exact) mass is 421 g/mol. The number of benzene rings is 1. The molecule has 11 heteroatoms. The zero-order valence-corrected chi connectivity index (χ0v) is 14.9. The highest BCUT2D eigenvalue weighted by molar-refractivity contribution is 5.73. The highest BCUT2D eigenvalue weighted by Crippen LogP contribution is 2.29. The van der Waals surface area contributed by atoms with E-state index in [9.17, 15) is 31.1 Å². The van der Waals surface area contributed by atoms with E-state index >= 15 is 0 Å². The van der Waals surface area contributed by atoms with Gasteiger partial charge < -0.3 is 15.4 Å². The summed E-state index contributed by atoms with van der Waals surface area (Å²) >= 11 is 0. The number of alkyl halides is 6. The number of nitrogens with one attached hydrogen (secondary N) is 2. The summed E-state index contributed by atoms with van der Waals surface area (Å²) in [5.74, 6) is -0.241. The van der Waals surface area contributed by atoms with Crippen LogP contribution in [0.2, 0.25) is 0 Å². The Bertz CT molecular complexity index is 806. The lowest BCUT2D eigenvalue weighted by Crippen LogP contribution is -2.36. The van der Waals surface area contributed by atoms with Crippen LogP contribution in [0.15, 0.2) is 42.6 Å². The fourth-order valence-electron chi connectivity index (χ4n) is 2.26. The maximum absolute atomic E-state index is 12.5. The van der Waals surface area contributed by atoms with E-state index in [1.54, 1.807) is 0 Å². The Kier molecular flexibility index (Phi) is 7.29. The molecular weight excluding hydrogens is 404 g/mol. The van der Waals surface area contributed by atoms with Crippen LogP contribution in [0, 0.1) is 0 Å². The van der Waals surface area contributed by atoms with Gasteiger partial charge in [0.05, 0.1) is 5.56 Å². The Balaban J connectivity index is 1.78. The predicted molar refractivity (Wildman–Crippen MR) is 91.2 cm³/mol. The van der Waals surface area contributed by atoms with Crippen molar-refractivity contribution in [2.45, 2.75) is 25.3 Å². The van der Waals surface area contributed by atoms with Gasteiger partial charge >= 0.3 is 18.4 Å². The average Bonchev–Trinajstić information content (AvgIpc) is 2.64. The smallest absolute Gasteiger partial charge is 0.422 e. The molecule has 0 aliphatic rings. The summed E-state index contributed by atoms with van der Waals surface area (Å²) in [6, 6.07) is 6.91. The van der Waals surface area contributed by atoms with Crippen LogP contribution in [0.4, 0.5) is 31.1 Å². The van der Waals surface area contributed by atoms with E-state index in [1.807, 2.05) is 0 Å². The number of carbonyl (C=O) groups excluding carboxylic acids is 1. The van der Waals surface area contributed by atoms with Crippen molar-refractivity contribution in [2.75, 3.05) is 13.2 Å². The van der Waals surface area contributed by atoms with E-state index in [4.69, 9.17) is 0 Å². The first-order valence-corrected chi connectivity index (χ1v) is 8.36. The average molecular weight is 421 g/mol. The highest BCUT2D eigenvalue weighted by Gasteiger charge is 2.30. The van der Waals surface area contributed by atoms with E-state index in [1.165, 1.54) is 30.5 Å². The standard InChI is InChI=1S/C18H17F6N3O2/c19-17(20,21)11-29-15-13(2-1-8-25-15)10-27-16(28)26-9-7-12-3-5-14(6-4-12)18(22,23)24/h1-6,8H,7,9-11H2,(H2,26,27,28). The summed E-state index contributed by atoms with van der Waals surface area (Å²) in [6.07, 6.45) is -7.36. The van der Waals surface area contributed by atoms with Crippen molar-refractivity contribution in [2.24, 2.45) is 0 Å². The number of pyridine rings is 1. The van der Waals surface area contributed by atoms with Gasteiger partial charge in [0.2, 0.25) is 5.88 Å². The van der Waals surface area contributed by atoms with Gasteiger partial charge in [-0.05, 0) is 30.2 Å². The van der Waals surface area contributed by atoms with Gasteiger partial charge in [0.15, 0.2) is 6.61 Å². The third kappa shape index (κ3) is 7.88. The molecule has 0 unspecified atom stereocenters. The van der Waals surface area contributed by atoms with E-state index in [2.05, 4.69) is 20.4 Å². The molecule has 0 spiro atoms. The number of hydrogen-bond donors (Lipinski definition) is 2. The summed E-state index contributed by atoms with van der Waals surface area (Å²) in [6.45, 7) is -1.47. The Labute approximate surface area is 162 Å². The zero-order valence-electron chi connectivity index (χ0n) is 14.9. The maximum atomic E-state index is 12.5. The maximum Gasteiger partial charge on any atom is 0.422 e. The Morgan fingerprint density at radius 3 is 2.31 bits per heavy atom. The zero-order chi connectivity index (χ0) is 21.5. The fraction of sp³-hybridized carbons (Fsp3) is 0.333. The number of carbonyl (C=O) groups is 1. The Morgan fingerprint density at radius 1 is 1.00 bits per heavy atom. The molecule has 0 fully saturated rings. The van der Waals surface area contributed by atoms with Gasteiger partial charge in [-0.25, -0.2) is 9.78 Å². The summed E-state index contributed by atoms with van der Waals surface area (Å²) in [7, 11) is 0. The predicted octanol–water partition coefficient (Wildman–Crippen LogP) is 4.08. The molecule has 0 bridgehead atoms. The molecule has 0 aliphatic carbocycles. The van der Waals surface area contributed by atoms with E-state index < -0.39 is 30.6 Å². The van der Waals surface area contributed by atoms with Crippen LogP contribution < -0.4 is 15.4 Å². The lowest BCUT2D eigenvalue weighted by Gasteiger charge is -2.13. The molecule has 158 valence electrons. The molecule has 1 aromatic heterocycles. The molecule has 2 rings (SSSR count). The minimum Gasteiger partial charge on any atom is -0.468 e. The van der Waals surface area contributed by atoms with Crippen LogP contribution in [-0.4, -0.2) is 30.3 Å². The van der Waals surface area contributed by atoms with Gasteiger partial charge in [0.1, 0.15) is 0 Å². The molecule has 2 N–H and O–H groups in total. The number of rotatable bonds is 7. The second kappa shape index (κ2) is 9.48. The quantitative estimate of drug-likeness (QED) is 0.663. The number of halogens is 6. The SMILES string of the molecule is O=C(NCCc1ccc(C(F)(F)F)cc1)NCc1cccnc1OCC(F)(F)F. The van der Waals surface area contributed by atoms with Crippen LogP contribution in [0.1, 0.15) is 16.7 Å². The molecule has 0 saturated carbocycles. The Hall–Kier alpha value is -2.98. The molecule has 1 heterocycles. The van der Waals surface area contributed by atoms with E-state index in [0.29, 0.717) is 12.0 Å². The van der Waals surface area contributed by atoms with Crippen LogP contribution in [0.25, 0.3) is 0 Å². The second-order valence-corrected chi connectivity index (χ2v) is 5.93. The van der Waals surface area contributed by atoms with Crippen molar-refractivity contribution in [3.8, 4) is 5.88 Å². The van der Waals surface area contributed by atoms with Crippen LogP contribution in [0.3, 0.4) is 0 Å². The first-order valence-electron chi connectivity index (χ1n) is 8.36. The topological polar surface area (TPSA) is 63.2 Å². The molecule has 0 aliphatic heterocycles. The van der Waals surface area contributed by atoms with Gasteiger partial charge in [-0.3, -0.25) is 0 Å².